The highest BCUT2D eigenvalue weighted by Gasteiger charge is 2.08. The fraction of sp³-hybridized carbons (Fsp3) is 0.400. The lowest BCUT2D eigenvalue weighted by Crippen LogP contribution is -2.18. The van der Waals surface area contributed by atoms with Crippen molar-refractivity contribution in [1.82, 2.24) is 5.32 Å². The number of aryl methyl sites for hydroxylation is 4. The molecule has 0 aliphatic heterocycles. The van der Waals surface area contributed by atoms with Crippen LogP contribution in [0.15, 0.2) is 30.3 Å². The van der Waals surface area contributed by atoms with E-state index >= 15 is 0 Å². The Balaban J connectivity index is 2.09. The summed E-state index contributed by atoms with van der Waals surface area (Å²) in [6, 6.07) is 11.5. The Bertz CT molecular complexity index is 617. The third-order valence-electron chi connectivity index (χ3n) is 4.08. The maximum absolute atomic E-state index is 5.43. The van der Waals surface area contributed by atoms with Crippen LogP contribution in [0.1, 0.15) is 46.3 Å². The number of benzene rings is 2. The van der Waals surface area contributed by atoms with Crippen molar-refractivity contribution < 1.29 is 4.74 Å². The highest BCUT2D eigenvalue weighted by molar-refractivity contribution is 5.43. The molecule has 0 radical (unpaired) electrons. The number of ether oxygens (including phenoxy) is 1. The van der Waals surface area contributed by atoms with E-state index in [0.717, 1.165) is 12.3 Å². The van der Waals surface area contributed by atoms with Crippen molar-refractivity contribution in [1.29, 1.82) is 0 Å². The van der Waals surface area contributed by atoms with Crippen LogP contribution in [-0.4, -0.2) is 7.11 Å². The zero-order chi connectivity index (χ0) is 16.3. The maximum atomic E-state index is 5.43. The molecule has 2 aromatic rings. The summed E-state index contributed by atoms with van der Waals surface area (Å²) in [7, 11) is 1.73. The monoisotopic (exact) mass is 297 g/mol. The van der Waals surface area contributed by atoms with Crippen LogP contribution in [0.25, 0.3) is 0 Å². The fourth-order valence-electron chi connectivity index (χ4n) is 3.11. The van der Waals surface area contributed by atoms with E-state index in [0.29, 0.717) is 6.04 Å². The second kappa shape index (κ2) is 6.97. The molecule has 1 atom stereocenters. The summed E-state index contributed by atoms with van der Waals surface area (Å²) in [6.07, 6.45) is 0. The molecule has 2 nitrogen and oxygen atoms in total. The third-order valence-corrected chi connectivity index (χ3v) is 4.08. The number of methoxy groups -OCH3 is 1. The van der Waals surface area contributed by atoms with Gasteiger partial charge in [0.25, 0.3) is 0 Å². The Morgan fingerprint density at radius 2 is 1.45 bits per heavy atom. The van der Waals surface area contributed by atoms with Crippen LogP contribution in [0, 0.1) is 27.7 Å². The van der Waals surface area contributed by atoms with Crippen molar-refractivity contribution in [3.05, 3.63) is 63.7 Å². The van der Waals surface area contributed by atoms with E-state index < -0.39 is 0 Å². The molecule has 0 unspecified atom stereocenters. The molecule has 0 spiro atoms. The summed E-state index contributed by atoms with van der Waals surface area (Å²) >= 11 is 0. The lowest BCUT2D eigenvalue weighted by Gasteiger charge is -2.17. The second-order valence-corrected chi connectivity index (χ2v) is 6.29. The lowest BCUT2D eigenvalue weighted by atomic mass is 10.0. The zero-order valence-electron chi connectivity index (χ0n) is 14.6. The van der Waals surface area contributed by atoms with E-state index in [9.17, 15) is 0 Å². The summed E-state index contributed by atoms with van der Waals surface area (Å²) in [4.78, 5) is 0. The molecule has 22 heavy (non-hydrogen) atoms. The van der Waals surface area contributed by atoms with Gasteiger partial charge < -0.3 is 10.1 Å². The van der Waals surface area contributed by atoms with Gasteiger partial charge in [-0.15, -0.1) is 0 Å². The van der Waals surface area contributed by atoms with E-state index in [-0.39, 0.29) is 0 Å². The van der Waals surface area contributed by atoms with E-state index in [1.54, 1.807) is 7.11 Å². The Morgan fingerprint density at radius 1 is 0.909 bits per heavy atom. The Kier molecular flexibility index (Phi) is 5.25. The van der Waals surface area contributed by atoms with Crippen molar-refractivity contribution >= 4 is 0 Å². The molecule has 0 aliphatic rings. The summed E-state index contributed by atoms with van der Waals surface area (Å²) in [5.41, 5.74) is 7.67. The van der Waals surface area contributed by atoms with Crippen molar-refractivity contribution in [3.8, 4) is 5.75 Å². The van der Waals surface area contributed by atoms with Crippen molar-refractivity contribution in [2.24, 2.45) is 0 Å². The van der Waals surface area contributed by atoms with Gasteiger partial charge in [0.05, 0.1) is 7.11 Å². The molecule has 0 amide bonds. The predicted octanol–water partition coefficient (Wildman–Crippen LogP) is 4.78. The Hall–Kier alpha value is -1.80. The molecule has 1 N–H and O–H groups in total. The Morgan fingerprint density at radius 3 is 1.95 bits per heavy atom. The molecule has 2 aromatic carbocycles. The van der Waals surface area contributed by atoms with Gasteiger partial charge >= 0.3 is 0 Å². The molecule has 0 saturated carbocycles. The zero-order valence-corrected chi connectivity index (χ0v) is 14.6. The van der Waals surface area contributed by atoms with Crippen LogP contribution >= 0.6 is 0 Å². The maximum Gasteiger partial charge on any atom is 0.124 e. The van der Waals surface area contributed by atoms with Gasteiger partial charge in [0.2, 0.25) is 0 Å². The standard InChI is InChI=1S/C20H27NO/c1-13-7-14(2)9-19(8-13)17(5)21-12-18-10-15(3)20(22-6)16(4)11-18/h7-11,17,21H,12H2,1-6H3/t17-/m1/s1. The summed E-state index contributed by atoms with van der Waals surface area (Å²) in [6.45, 7) is 11.6. The predicted molar refractivity (Wildman–Crippen MR) is 93.6 cm³/mol. The largest absolute Gasteiger partial charge is 0.496 e. The van der Waals surface area contributed by atoms with Gasteiger partial charge in [-0.2, -0.15) is 0 Å². The molecule has 118 valence electrons. The van der Waals surface area contributed by atoms with Crippen LogP contribution in [0.3, 0.4) is 0 Å². The second-order valence-electron chi connectivity index (χ2n) is 6.29. The first-order valence-electron chi connectivity index (χ1n) is 7.86. The minimum absolute atomic E-state index is 0.335. The smallest absolute Gasteiger partial charge is 0.124 e. The topological polar surface area (TPSA) is 21.3 Å². The highest BCUT2D eigenvalue weighted by atomic mass is 16.5. The highest BCUT2D eigenvalue weighted by Crippen LogP contribution is 2.25. The first-order chi connectivity index (χ1) is 10.4. The van der Waals surface area contributed by atoms with Crippen molar-refractivity contribution in [3.63, 3.8) is 0 Å². The first kappa shape index (κ1) is 16.6. The fourth-order valence-corrected chi connectivity index (χ4v) is 3.11. The average molecular weight is 297 g/mol. The van der Waals surface area contributed by atoms with Gasteiger partial charge in [0.1, 0.15) is 5.75 Å². The van der Waals surface area contributed by atoms with Gasteiger partial charge in [-0.1, -0.05) is 41.5 Å². The summed E-state index contributed by atoms with van der Waals surface area (Å²) in [5.74, 6) is 0.992. The number of nitrogens with one attached hydrogen (secondary N) is 1. The van der Waals surface area contributed by atoms with Gasteiger partial charge in [-0.05, 0) is 56.9 Å². The normalized spacial score (nSPS) is 12.3. The minimum atomic E-state index is 0.335. The molecule has 0 saturated heterocycles. The third kappa shape index (κ3) is 3.89. The quantitative estimate of drug-likeness (QED) is 0.857. The molecule has 0 aromatic heterocycles. The summed E-state index contributed by atoms with van der Waals surface area (Å²) in [5, 5.41) is 3.62. The molecular formula is C20H27NO. The molecule has 0 heterocycles. The lowest BCUT2D eigenvalue weighted by molar-refractivity contribution is 0.408. The number of hydrogen-bond acceptors (Lipinski definition) is 2. The van der Waals surface area contributed by atoms with Gasteiger partial charge in [0.15, 0.2) is 0 Å². The van der Waals surface area contributed by atoms with E-state index in [2.05, 4.69) is 70.3 Å². The molecule has 0 fully saturated rings. The van der Waals surface area contributed by atoms with Gasteiger partial charge in [0, 0.05) is 12.6 Å². The average Bonchev–Trinajstić information content (AvgIpc) is 2.43. The minimum Gasteiger partial charge on any atom is -0.496 e. The van der Waals surface area contributed by atoms with Crippen LogP contribution in [0.5, 0.6) is 5.75 Å². The number of rotatable bonds is 5. The van der Waals surface area contributed by atoms with Crippen LogP contribution in [0.2, 0.25) is 0 Å². The van der Waals surface area contributed by atoms with Crippen molar-refractivity contribution in [2.45, 2.75) is 47.2 Å². The number of hydrogen-bond donors (Lipinski definition) is 1. The van der Waals surface area contributed by atoms with Crippen LogP contribution < -0.4 is 10.1 Å². The molecule has 2 heteroatoms. The van der Waals surface area contributed by atoms with Gasteiger partial charge in [-0.3, -0.25) is 0 Å². The van der Waals surface area contributed by atoms with E-state index in [4.69, 9.17) is 4.74 Å². The van der Waals surface area contributed by atoms with Crippen LogP contribution in [0.4, 0.5) is 0 Å². The van der Waals surface area contributed by atoms with Crippen molar-refractivity contribution in [2.75, 3.05) is 7.11 Å². The molecular weight excluding hydrogens is 270 g/mol. The van der Waals surface area contributed by atoms with E-state index in [1.807, 2.05) is 0 Å². The molecule has 0 bridgehead atoms. The first-order valence-corrected chi connectivity index (χ1v) is 7.86. The summed E-state index contributed by atoms with van der Waals surface area (Å²) < 4.78 is 5.43. The SMILES string of the molecule is COc1c(C)cc(CN[C@H](C)c2cc(C)cc(C)c2)cc1C. The Labute approximate surface area is 134 Å². The van der Waals surface area contributed by atoms with Crippen LogP contribution in [-0.2, 0) is 6.54 Å². The van der Waals surface area contributed by atoms with Gasteiger partial charge in [-0.25, -0.2) is 0 Å². The van der Waals surface area contributed by atoms with E-state index in [1.165, 1.54) is 33.4 Å². The molecule has 0 aliphatic carbocycles. The molecule has 2 rings (SSSR count).